The van der Waals surface area contributed by atoms with Crippen LogP contribution in [0.25, 0.3) is 0 Å². The van der Waals surface area contributed by atoms with Crippen LogP contribution in [0.5, 0.6) is 0 Å². The van der Waals surface area contributed by atoms with Crippen molar-refractivity contribution in [1.29, 1.82) is 0 Å². The van der Waals surface area contributed by atoms with Crippen LogP contribution < -0.4 is 5.32 Å². The summed E-state index contributed by atoms with van der Waals surface area (Å²) in [6, 6.07) is -0.851. The number of carboxylic acids is 1. The van der Waals surface area contributed by atoms with Crippen molar-refractivity contribution in [3.63, 3.8) is 0 Å². The van der Waals surface area contributed by atoms with E-state index >= 15 is 0 Å². The van der Waals surface area contributed by atoms with Gasteiger partial charge in [0.25, 0.3) is 0 Å². The van der Waals surface area contributed by atoms with Gasteiger partial charge in [-0.3, -0.25) is 9.48 Å². The number of carboxylic acid groups (broad SMARTS) is 1. The van der Waals surface area contributed by atoms with E-state index in [0.29, 0.717) is 6.42 Å². The number of nitrogens with one attached hydrogen (secondary N) is 1. The molecule has 0 radical (unpaired) electrons. The summed E-state index contributed by atoms with van der Waals surface area (Å²) in [5.41, 5.74) is 3.00. The predicted octanol–water partition coefficient (Wildman–Crippen LogP) is 1.44. The second-order valence-corrected chi connectivity index (χ2v) is 5.95. The van der Waals surface area contributed by atoms with Crippen LogP contribution in [0.15, 0.2) is 0 Å². The number of aromatic nitrogens is 2. The maximum atomic E-state index is 12.2. The van der Waals surface area contributed by atoms with E-state index in [1.165, 1.54) is 0 Å². The highest BCUT2D eigenvalue weighted by Gasteiger charge is 2.26. The molecular weight excluding hydrogens is 270 g/mol. The molecule has 6 nitrogen and oxygen atoms in total. The molecule has 0 aromatic carbocycles. The zero-order valence-electron chi connectivity index (χ0n) is 13.6. The van der Waals surface area contributed by atoms with Crippen molar-refractivity contribution in [1.82, 2.24) is 15.1 Å². The summed E-state index contributed by atoms with van der Waals surface area (Å²) >= 11 is 0. The molecular formula is C15H25N3O3. The molecule has 0 bridgehead atoms. The van der Waals surface area contributed by atoms with Crippen LogP contribution >= 0.6 is 0 Å². The first kappa shape index (κ1) is 17.2. The maximum Gasteiger partial charge on any atom is 0.326 e. The molecule has 1 heterocycles. The van der Waals surface area contributed by atoms with E-state index in [1.807, 2.05) is 20.9 Å². The zero-order valence-corrected chi connectivity index (χ0v) is 13.6. The molecule has 1 unspecified atom stereocenters. The number of amides is 1. The lowest BCUT2D eigenvalue weighted by atomic mass is 9.97. The molecule has 21 heavy (non-hydrogen) atoms. The summed E-state index contributed by atoms with van der Waals surface area (Å²) in [4.78, 5) is 23.3. The first-order valence-electron chi connectivity index (χ1n) is 7.17. The Bertz CT molecular complexity index is 535. The van der Waals surface area contributed by atoms with Crippen molar-refractivity contribution >= 4 is 11.9 Å². The van der Waals surface area contributed by atoms with E-state index in [2.05, 4.69) is 10.4 Å². The second kappa shape index (κ2) is 6.74. The highest BCUT2D eigenvalue weighted by atomic mass is 16.4. The summed E-state index contributed by atoms with van der Waals surface area (Å²) in [5.74, 6) is -1.69. The fourth-order valence-electron chi connectivity index (χ4n) is 2.32. The van der Waals surface area contributed by atoms with Crippen molar-refractivity contribution < 1.29 is 14.7 Å². The van der Waals surface area contributed by atoms with Gasteiger partial charge < -0.3 is 10.4 Å². The smallest absolute Gasteiger partial charge is 0.326 e. The molecule has 1 aromatic rings. The normalized spacial score (nSPS) is 14.0. The van der Waals surface area contributed by atoms with Crippen LogP contribution in [0, 0.1) is 25.7 Å². The Morgan fingerprint density at radius 2 is 1.86 bits per heavy atom. The molecule has 0 aliphatic heterocycles. The van der Waals surface area contributed by atoms with Gasteiger partial charge in [-0.2, -0.15) is 5.10 Å². The maximum absolute atomic E-state index is 12.2. The summed E-state index contributed by atoms with van der Waals surface area (Å²) in [6.45, 7) is 9.24. The Morgan fingerprint density at radius 1 is 1.29 bits per heavy atom. The number of carbonyl (C=O) groups is 2. The van der Waals surface area contributed by atoms with E-state index < -0.39 is 12.0 Å². The number of aliphatic carboxylic acids is 1. The zero-order chi connectivity index (χ0) is 16.3. The van der Waals surface area contributed by atoms with Crippen molar-refractivity contribution in [2.75, 3.05) is 0 Å². The molecule has 0 aliphatic rings. The second-order valence-electron chi connectivity index (χ2n) is 5.95. The monoisotopic (exact) mass is 295 g/mol. The number of aryl methyl sites for hydroxylation is 2. The van der Waals surface area contributed by atoms with Crippen LogP contribution in [-0.4, -0.2) is 32.8 Å². The molecule has 0 aliphatic carbocycles. The molecule has 0 saturated heterocycles. The molecule has 1 amide bonds. The Labute approximate surface area is 125 Å². The van der Waals surface area contributed by atoms with Gasteiger partial charge in [0.15, 0.2) is 0 Å². The summed E-state index contributed by atoms with van der Waals surface area (Å²) < 4.78 is 1.80. The summed E-state index contributed by atoms with van der Waals surface area (Å²) in [6.07, 6.45) is 0.557. The third-order valence-corrected chi connectivity index (χ3v) is 3.85. The molecule has 1 rings (SSSR count). The van der Waals surface area contributed by atoms with Gasteiger partial charge in [0, 0.05) is 18.7 Å². The molecule has 118 valence electrons. The molecule has 1 aromatic heterocycles. The third kappa shape index (κ3) is 4.06. The van der Waals surface area contributed by atoms with E-state index in [-0.39, 0.29) is 17.7 Å². The Hall–Kier alpha value is -1.85. The summed E-state index contributed by atoms with van der Waals surface area (Å²) in [7, 11) is 1.87. The van der Waals surface area contributed by atoms with Crippen molar-refractivity contribution in [2.24, 2.45) is 18.9 Å². The minimum atomic E-state index is -1.00. The summed E-state index contributed by atoms with van der Waals surface area (Å²) in [5, 5.41) is 16.1. The lowest BCUT2D eigenvalue weighted by molar-refractivity contribution is -0.143. The Balaban J connectivity index is 2.77. The van der Waals surface area contributed by atoms with E-state index in [9.17, 15) is 9.59 Å². The third-order valence-electron chi connectivity index (χ3n) is 3.85. The number of rotatable bonds is 6. The minimum absolute atomic E-state index is 0.152. The lowest BCUT2D eigenvalue weighted by Gasteiger charge is -2.20. The van der Waals surface area contributed by atoms with Crippen LogP contribution in [0.3, 0.4) is 0 Å². The lowest BCUT2D eigenvalue weighted by Crippen LogP contribution is -2.46. The fourth-order valence-corrected chi connectivity index (χ4v) is 2.32. The van der Waals surface area contributed by atoms with Gasteiger partial charge in [-0.05, 0) is 31.7 Å². The van der Waals surface area contributed by atoms with Gasteiger partial charge >= 0.3 is 5.97 Å². The first-order chi connectivity index (χ1) is 9.65. The number of hydrogen-bond donors (Lipinski definition) is 2. The fraction of sp³-hybridized carbons (Fsp3) is 0.667. The van der Waals surface area contributed by atoms with Gasteiger partial charge in [0.05, 0.1) is 5.69 Å². The van der Waals surface area contributed by atoms with Gasteiger partial charge in [-0.15, -0.1) is 0 Å². The standard InChI is InChI=1S/C15H25N3O3/c1-8(2)13(15(20)21)16-14(19)9(3)7-12-10(4)17-18(6)11(12)5/h8-9,13H,7H2,1-6H3,(H,16,19)(H,20,21)/t9?,13-/m1/s1. The molecule has 0 fully saturated rings. The predicted molar refractivity (Wildman–Crippen MR) is 80.0 cm³/mol. The Morgan fingerprint density at radius 3 is 2.24 bits per heavy atom. The number of carbonyl (C=O) groups excluding carboxylic acids is 1. The van der Waals surface area contributed by atoms with Crippen molar-refractivity contribution in [2.45, 2.75) is 47.1 Å². The topological polar surface area (TPSA) is 84.2 Å². The first-order valence-corrected chi connectivity index (χ1v) is 7.17. The highest BCUT2D eigenvalue weighted by Crippen LogP contribution is 2.17. The molecule has 0 spiro atoms. The molecule has 2 atom stereocenters. The van der Waals surface area contributed by atoms with Crippen LogP contribution in [0.4, 0.5) is 0 Å². The SMILES string of the molecule is Cc1nn(C)c(C)c1CC(C)C(=O)N[C@@H](C(=O)O)C(C)C. The van der Waals surface area contributed by atoms with Crippen molar-refractivity contribution in [3.05, 3.63) is 17.0 Å². The van der Waals surface area contributed by atoms with Crippen LogP contribution in [0.2, 0.25) is 0 Å². The Kier molecular flexibility index (Phi) is 5.52. The minimum Gasteiger partial charge on any atom is -0.480 e. The molecule has 2 N–H and O–H groups in total. The highest BCUT2D eigenvalue weighted by molar-refractivity contribution is 5.85. The van der Waals surface area contributed by atoms with Gasteiger partial charge in [-0.1, -0.05) is 20.8 Å². The largest absolute Gasteiger partial charge is 0.480 e. The average molecular weight is 295 g/mol. The van der Waals surface area contributed by atoms with Crippen LogP contribution in [0.1, 0.15) is 37.7 Å². The van der Waals surface area contributed by atoms with E-state index in [0.717, 1.165) is 17.0 Å². The average Bonchev–Trinajstić information content (AvgIpc) is 2.61. The molecule has 6 heteroatoms. The van der Waals surface area contributed by atoms with Gasteiger partial charge in [0.2, 0.25) is 5.91 Å². The van der Waals surface area contributed by atoms with Gasteiger partial charge in [-0.25, -0.2) is 4.79 Å². The quantitative estimate of drug-likeness (QED) is 0.831. The van der Waals surface area contributed by atoms with E-state index in [4.69, 9.17) is 5.11 Å². The number of hydrogen-bond acceptors (Lipinski definition) is 3. The molecule has 0 saturated carbocycles. The van der Waals surface area contributed by atoms with E-state index in [1.54, 1.807) is 25.5 Å². The number of nitrogens with zero attached hydrogens (tertiary/aromatic N) is 2. The van der Waals surface area contributed by atoms with Crippen LogP contribution in [-0.2, 0) is 23.1 Å². The van der Waals surface area contributed by atoms with Crippen molar-refractivity contribution in [3.8, 4) is 0 Å². The van der Waals surface area contributed by atoms with Gasteiger partial charge in [0.1, 0.15) is 6.04 Å².